The van der Waals surface area contributed by atoms with Crippen molar-refractivity contribution in [1.29, 1.82) is 0 Å². The normalized spacial score (nSPS) is 16.9. The topological polar surface area (TPSA) is 64.0 Å². The molecule has 0 saturated heterocycles. The highest BCUT2D eigenvalue weighted by Gasteiger charge is 2.26. The number of aromatic nitrogens is 2. The number of hydrogen-bond acceptors (Lipinski definition) is 4. The summed E-state index contributed by atoms with van der Waals surface area (Å²) >= 11 is 7.05. The second-order valence-corrected chi connectivity index (χ2v) is 6.20. The van der Waals surface area contributed by atoms with Crippen LogP contribution in [0.1, 0.15) is 0 Å². The molecule has 22 heavy (non-hydrogen) atoms. The molecule has 1 aliphatic heterocycles. The molecule has 0 fully saturated rings. The van der Waals surface area contributed by atoms with Crippen molar-refractivity contribution >= 4 is 35.0 Å². The SMILES string of the molecule is O=C(Nc1ccc(F)c(Cl)c1)[C@@H]1CSc2nccc(=O)n2C1. The number of fused-ring (bicyclic) bond motifs is 1. The number of nitrogens with one attached hydrogen (secondary N) is 1. The zero-order valence-electron chi connectivity index (χ0n) is 11.3. The van der Waals surface area contributed by atoms with Crippen molar-refractivity contribution in [3.05, 3.63) is 51.7 Å². The third kappa shape index (κ3) is 3.00. The van der Waals surface area contributed by atoms with Gasteiger partial charge in [-0.05, 0) is 18.2 Å². The van der Waals surface area contributed by atoms with E-state index in [0.717, 1.165) is 0 Å². The van der Waals surface area contributed by atoms with Crippen molar-refractivity contribution in [2.24, 2.45) is 5.92 Å². The van der Waals surface area contributed by atoms with Crippen LogP contribution >= 0.6 is 23.4 Å². The largest absolute Gasteiger partial charge is 0.326 e. The average molecular weight is 340 g/mol. The Labute approximate surface area is 134 Å². The summed E-state index contributed by atoms with van der Waals surface area (Å²) in [6, 6.07) is 5.35. The molecular formula is C14H11ClFN3O2S. The Morgan fingerprint density at radius 2 is 2.27 bits per heavy atom. The molecule has 1 aliphatic rings. The first-order valence-corrected chi connectivity index (χ1v) is 7.85. The van der Waals surface area contributed by atoms with Crippen molar-refractivity contribution in [2.45, 2.75) is 11.7 Å². The van der Waals surface area contributed by atoms with Gasteiger partial charge in [-0.1, -0.05) is 23.4 Å². The van der Waals surface area contributed by atoms with Crippen LogP contribution in [0.5, 0.6) is 0 Å². The highest BCUT2D eigenvalue weighted by molar-refractivity contribution is 7.99. The number of halogens is 2. The number of carbonyl (C=O) groups is 1. The number of rotatable bonds is 2. The van der Waals surface area contributed by atoms with Crippen LogP contribution < -0.4 is 10.9 Å². The summed E-state index contributed by atoms with van der Waals surface area (Å²) in [5, 5.41) is 3.25. The van der Waals surface area contributed by atoms with E-state index in [9.17, 15) is 14.0 Å². The lowest BCUT2D eigenvalue weighted by molar-refractivity contribution is -0.119. The molecule has 0 aliphatic carbocycles. The maximum Gasteiger partial charge on any atom is 0.254 e. The molecule has 1 amide bonds. The summed E-state index contributed by atoms with van der Waals surface area (Å²) in [6.45, 7) is 0.274. The molecule has 0 spiro atoms. The van der Waals surface area contributed by atoms with Crippen LogP contribution in [0.25, 0.3) is 0 Å². The molecule has 3 rings (SSSR count). The zero-order valence-corrected chi connectivity index (χ0v) is 12.8. The van der Waals surface area contributed by atoms with Gasteiger partial charge in [0.05, 0.1) is 10.9 Å². The number of nitrogens with zero attached hydrogens (tertiary/aromatic N) is 2. The van der Waals surface area contributed by atoms with E-state index in [1.165, 1.54) is 46.8 Å². The average Bonchev–Trinajstić information content (AvgIpc) is 2.51. The Kier molecular flexibility index (Phi) is 4.17. The first-order chi connectivity index (χ1) is 10.5. The fraction of sp³-hybridized carbons (Fsp3) is 0.214. The van der Waals surface area contributed by atoms with Gasteiger partial charge in [-0.2, -0.15) is 0 Å². The summed E-state index contributed by atoms with van der Waals surface area (Å²) in [6.07, 6.45) is 1.46. The van der Waals surface area contributed by atoms with Crippen LogP contribution in [0.3, 0.4) is 0 Å². The Morgan fingerprint density at radius 3 is 3.05 bits per heavy atom. The van der Waals surface area contributed by atoms with Gasteiger partial charge >= 0.3 is 0 Å². The van der Waals surface area contributed by atoms with E-state index in [1.807, 2.05) is 0 Å². The number of amides is 1. The molecule has 8 heteroatoms. The standard InChI is InChI=1S/C14H11ClFN3O2S/c15-10-5-9(1-2-11(10)16)18-13(21)8-6-19-12(20)3-4-17-14(19)22-7-8/h1-5,8H,6-7H2,(H,18,21)/t8-/m0/s1. The molecule has 0 bridgehead atoms. The van der Waals surface area contributed by atoms with Crippen LogP contribution in [0.15, 0.2) is 40.4 Å². The van der Waals surface area contributed by atoms with E-state index in [4.69, 9.17) is 11.6 Å². The van der Waals surface area contributed by atoms with Crippen LogP contribution in [0.4, 0.5) is 10.1 Å². The molecule has 1 aromatic carbocycles. The maximum absolute atomic E-state index is 13.1. The predicted molar refractivity (Wildman–Crippen MR) is 82.8 cm³/mol. The molecular weight excluding hydrogens is 329 g/mol. The van der Waals surface area contributed by atoms with Gasteiger partial charge in [0.15, 0.2) is 5.16 Å². The Bertz CT molecular complexity index is 796. The quantitative estimate of drug-likeness (QED) is 0.853. The molecule has 2 heterocycles. The first-order valence-electron chi connectivity index (χ1n) is 6.49. The van der Waals surface area contributed by atoms with Crippen molar-refractivity contribution in [1.82, 2.24) is 9.55 Å². The van der Waals surface area contributed by atoms with Gasteiger partial charge in [0.25, 0.3) is 5.56 Å². The summed E-state index contributed by atoms with van der Waals surface area (Å²) in [4.78, 5) is 28.2. The summed E-state index contributed by atoms with van der Waals surface area (Å²) in [5.41, 5.74) is 0.241. The number of anilines is 1. The summed E-state index contributed by atoms with van der Waals surface area (Å²) < 4.78 is 14.6. The van der Waals surface area contributed by atoms with E-state index in [1.54, 1.807) is 0 Å². The number of benzene rings is 1. The fourth-order valence-electron chi connectivity index (χ4n) is 2.13. The smallest absolute Gasteiger partial charge is 0.254 e. The Balaban J connectivity index is 1.75. The molecule has 1 atom stereocenters. The molecule has 0 saturated carbocycles. The third-order valence-corrected chi connectivity index (χ3v) is 4.72. The van der Waals surface area contributed by atoms with Gasteiger partial charge in [-0.15, -0.1) is 0 Å². The molecule has 2 aromatic rings. The minimum atomic E-state index is -0.542. The second-order valence-electron chi connectivity index (χ2n) is 4.80. The lowest BCUT2D eigenvalue weighted by atomic mass is 10.1. The molecule has 0 radical (unpaired) electrons. The number of hydrogen-bond donors (Lipinski definition) is 1. The number of carbonyl (C=O) groups excluding carboxylic acids is 1. The van der Waals surface area contributed by atoms with Gasteiger partial charge in [0.1, 0.15) is 5.82 Å². The Hall–Kier alpha value is -1.86. The van der Waals surface area contributed by atoms with Crippen LogP contribution in [-0.4, -0.2) is 21.2 Å². The van der Waals surface area contributed by atoms with Crippen molar-refractivity contribution in [3.8, 4) is 0 Å². The predicted octanol–water partition coefficient (Wildman–Crippen LogP) is 2.40. The zero-order chi connectivity index (χ0) is 15.7. The first kappa shape index (κ1) is 15.1. The van der Waals surface area contributed by atoms with E-state index in [2.05, 4.69) is 10.3 Å². The van der Waals surface area contributed by atoms with Gasteiger partial charge in [-0.25, -0.2) is 9.37 Å². The molecule has 0 unspecified atom stereocenters. The van der Waals surface area contributed by atoms with Crippen molar-refractivity contribution in [2.75, 3.05) is 11.1 Å². The van der Waals surface area contributed by atoms with E-state index in [-0.39, 0.29) is 29.0 Å². The van der Waals surface area contributed by atoms with Crippen LogP contribution in [0, 0.1) is 11.7 Å². The highest BCUT2D eigenvalue weighted by Crippen LogP contribution is 2.26. The summed E-state index contributed by atoms with van der Waals surface area (Å²) in [7, 11) is 0. The Morgan fingerprint density at radius 1 is 1.45 bits per heavy atom. The monoisotopic (exact) mass is 339 g/mol. The van der Waals surface area contributed by atoms with Gasteiger partial charge in [0, 0.05) is 30.2 Å². The van der Waals surface area contributed by atoms with Crippen LogP contribution in [0.2, 0.25) is 5.02 Å². The minimum absolute atomic E-state index is 0.0541. The third-order valence-electron chi connectivity index (χ3n) is 3.27. The maximum atomic E-state index is 13.1. The summed E-state index contributed by atoms with van der Waals surface area (Å²) in [5.74, 6) is -0.628. The van der Waals surface area contributed by atoms with Crippen LogP contribution in [-0.2, 0) is 11.3 Å². The second kappa shape index (κ2) is 6.10. The van der Waals surface area contributed by atoms with Gasteiger partial charge in [0.2, 0.25) is 5.91 Å². The lowest BCUT2D eigenvalue weighted by Gasteiger charge is -2.23. The highest BCUT2D eigenvalue weighted by atomic mass is 35.5. The molecule has 5 nitrogen and oxygen atoms in total. The number of thioether (sulfide) groups is 1. The van der Waals surface area contributed by atoms with E-state index in [0.29, 0.717) is 16.6 Å². The molecule has 1 aromatic heterocycles. The van der Waals surface area contributed by atoms with E-state index >= 15 is 0 Å². The van der Waals surface area contributed by atoms with Gasteiger partial charge < -0.3 is 5.32 Å². The van der Waals surface area contributed by atoms with E-state index < -0.39 is 5.82 Å². The van der Waals surface area contributed by atoms with Crippen molar-refractivity contribution < 1.29 is 9.18 Å². The van der Waals surface area contributed by atoms with Crippen molar-refractivity contribution in [3.63, 3.8) is 0 Å². The molecule has 1 N–H and O–H groups in total. The lowest BCUT2D eigenvalue weighted by Crippen LogP contribution is -2.36. The minimum Gasteiger partial charge on any atom is -0.326 e. The molecule has 114 valence electrons. The fourth-order valence-corrected chi connectivity index (χ4v) is 3.37. The van der Waals surface area contributed by atoms with Gasteiger partial charge in [-0.3, -0.25) is 14.2 Å².